The van der Waals surface area contributed by atoms with Crippen LogP contribution < -0.4 is 10.1 Å². The van der Waals surface area contributed by atoms with Gasteiger partial charge in [0.1, 0.15) is 12.2 Å². The van der Waals surface area contributed by atoms with Crippen LogP contribution in [0.2, 0.25) is 0 Å². The highest BCUT2D eigenvalue weighted by Gasteiger charge is 2.22. The normalized spacial score (nSPS) is 20.0. The number of benzene rings is 1. The predicted molar refractivity (Wildman–Crippen MR) is 98.6 cm³/mol. The zero-order valence-corrected chi connectivity index (χ0v) is 14.5. The fraction of sp³-hybridized carbons (Fsp3) is 0.350. The van der Waals surface area contributed by atoms with E-state index in [0.29, 0.717) is 17.5 Å². The Balaban J connectivity index is 1.27. The Hall–Kier alpha value is -2.91. The highest BCUT2D eigenvalue weighted by molar-refractivity contribution is 5.81. The van der Waals surface area contributed by atoms with E-state index in [9.17, 15) is 0 Å². The third kappa shape index (κ3) is 3.68. The maximum atomic E-state index is 8.82. The standard InChI is InChI=1S/C20H21N5O/c21-10-14-4-9-20(23-11-14)26-17-7-5-16(6-8-17)22-12-15-2-1-3-19-18(15)13-24-25-19/h1-4,9,11,13,16-17,22H,5-8,12H2,(H,24,25). The average molecular weight is 347 g/mol. The third-order valence-corrected chi connectivity index (χ3v) is 4.98. The van der Waals surface area contributed by atoms with Crippen molar-refractivity contribution in [1.82, 2.24) is 20.5 Å². The Morgan fingerprint density at radius 3 is 2.81 bits per heavy atom. The van der Waals surface area contributed by atoms with Crippen LogP contribution in [0.15, 0.2) is 42.7 Å². The predicted octanol–water partition coefficient (Wildman–Crippen LogP) is 3.31. The van der Waals surface area contributed by atoms with E-state index >= 15 is 0 Å². The summed E-state index contributed by atoms with van der Waals surface area (Å²) in [6, 6.07) is 12.3. The molecule has 0 saturated heterocycles. The molecule has 4 rings (SSSR count). The van der Waals surface area contributed by atoms with Gasteiger partial charge < -0.3 is 10.1 Å². The lowest BCUT2D eigenvalue weighted by molar-refractivity contribution is 0.134. The van der Waals surface area contributed by atoms with Crippen LogP contribution in [0.3, 0.4) is 0 Å². The maximum Gasteiger partial charge on any atom is 0.213 e. The first-order valence-electron chi connectivity index (χ1n) is 8.99. The second kappa shape index (κ2) is 7.54. The zero-order valence-electron chi connectivity index (χ0n) is 14.5. The van der Waals surface area contributed by atoms with E-state index in [1.165, 1.54) is 10.9 Å². The highest BCUT2D eigenvalue weighted by Crippen LogP contribution is 2.24. The first-order valence-corrected chi connectivity index (χ1v) is 8.99. The first kappa shape index (κ1) is 16.6. The molecule has 1 aromatic carbocycles. The quantitative estimate of drug-likeness (QED) is 0.739. The van der Waals surface area contributed by atoms with Crippen LogP contribution in [0.25, 0.3) is 10.9 Å². The lowest BCUT2D eigenvalue weighted by Gasteiger charge is -2.29. The second-order valence-electron chi connectivity index (χ2n) is 6.72. The molecule has 1 saturated carbocycles. The minimum atomic E-state index is 0.200. The number of H-pyrrole nitrogens is 1. The van der Waals surface area contributed by atoms with Crippen molar-refractivity contribution in [1.29, 1.82) is 5.26 Å². The molecular weight excluding hydrogens is 326 g/mol. The fourth-order valence-electron chi connectivity index (χ4n) is 3.51. The van der Waals surface area contributed by atoms with Crippen molar-refractivity contribution in [2.75, 3.05) is 0 Å². The van der Waals surface area contributed by atoms with E-state index in [2.05, 4.69) is 38.7 Å². The van der Waals surface area contributed by atoms with E-state index in [-0.39, 0.29) is 6.10 Å². The average Bonchev–Trinajstić information content (AvgIpc) is 3.17. The van der Waals surface area contributed by atoms with Gasteiger partial charge in [0.15, 0.2) is 0 Å². The lowest BCUT2D eigenvalue weighted by Crippen LogP contribution is -2.36. The van der Waals surface area contributed by atoms with Gasteiger partial charge in [-0.05, 0) is 43.4 Å². The summed E-state index contributed by atoms with van der Waals surface area (Å²) in [5, 5.41) is 20.8. The molecule has 2 aromatic heterocycles. The molecular formula is C20H21N5O. The summed E-state index contributed by atoms with van der Waals surface area (Å²) >= 11 is 0. The summed E-state index contributed by atoms with van der Waals surface area (Å²) in [6.45, 7) is 0.851. The van der Waals surface area contributed by atoms with Crippen LogP contribution in [0.4, 0.5) is 0 Å². The van der Waals surface area contributed by atoms with Gasteiger partial charge >= 0.3 is 0 Å². The summed E-state index contributed by atoms with van der Waals surface area (Å²) < 4.78 is 5.95. The fourth-order valence-corrected chi connectivity index (χ4v) is 3.51. The Kier molecular flexibility index (Phi) is 4.80. The highest BCUT2D eigenvalue weighted by atomic mass is 16.5. The molecule has 132 valence electrons. The second-order valence-corrected chi connectivity index (χ2v) is 6.72. The number of pyridine rings is 1. The van der Waals surface area contributed by atoms with Crippen LogP contribution in [0.5, 0.6) is 5.88 Å². The molecule has 26 heavy (non-hydrogen) atoms. The van der Waals surface area contributed by atoms with Gasteiger partial charge in [-0.25, -0.2) is 4.98 Å². The van der Waals surface area contributed by atoms with E-state index in [1.54, 1.807) is 18.3 Å². The van der Waals surface area contributed by atoms with Crippen molar-refractivity contribution in [2.45, 2.75) is 44.4 Å². The summed E-state index contributed by atoms with van der Waals surface area (Å²) in [4.78, 5) is 4.19. The van der Waals surface area contributed by atoms with Crippen molar-refractivity contribution in [2.24, 2.45) is 0 Å². The van der Waals surface area contributed by atoms with Crippen molar-refractivity contribution in [3.05, 3.63) is 53.9 Å². The first-order chi connectivity index (χ1) is 12.8. The summed E-state index contributed by atoms with van der Waals surface area (Å²) in [5.74, 6) is 0.604. The molecule has 0 bridgehead atoms. The number of hydrogen-bond donors (Lipinski definition) is 2. The molecule has 0 unspecified atom stereocenters. The number of nitrogens with zero attached hydrogens (tertiary/aromatic N) is 3. The molecule has 0 atom stereocenters. The monoisotopic (exact) mass is 347 g/mol. The summed E-state index contributed by atoms with van der Waals surface area (Å²) in [6.07, 6.45) is 7.83. The van der Waals surface area contributed by atoms with Crippen molar-refractivity contribution in [3.63, 3.8) is 0 Å². The number of hydrogen-bond acceptors (Lipinski definition) is 5. The Labute approximate surface area is 152 Å². The van der Waals surface area contributed by atoms with Crippen LogP contribution >= 0.6 is 0 Å². The molecule has 0 amide bonds. The molecule has 0 aliphatic heterocycles. The third-order valence-electron chi connectivity index (χ3n) is 4.98. The van der Waals surface area contributed by atoms with Gasteiger partial charge in [0.05, 0.1) is 17.3 Å². The van der Waals surface area contributed by atoms with Gasteiger partial charge in [-0.1, -0.05) is 12.1 Å². The summed E-state index contributed by atoms with van der Waals surface area (Å²) in [5.41, 5.74) is 2.91. The van der Waals surface area contributed by atoms with E-state index < -0.39 is 0 Å². The minimum Gasteiger partial charge on any atom is -0.474 e. The van der Waals surface area contributed by atoms with Crippen molar-refractivity contribution in [3.8, 4) is 11.9 Å². The van der Waals surface area contributed by atoms with Gasteiger partial charge in [0.25, 0.3) is 0 Å². The van der Waals surface area contributed by atoms with Gasteiger partial charge in [0, 0.05) is 30.2 Å². The molecule has 1 aliphatic carbocycles. The van der Waals surface area contributed by atoms with Gasteiger partial charge in [0.2, 0.25) is 5.88 Å². The number of aromatic nitrogens is 3. The van der Waals surface area contributed by atoms with Crippen LogP contribution in [-0.4, -0.2) is 27.3 Å². The van der Waals surface area contributed by atoms with E-state index in [4.69, 9.17) is 10.00 Å². The number of rotatable bonds is 5. The van der Waals surface area contributed by atoms with Gasteiger partial charge in [-0.15, -0.1) is 0 Å². The van der Waals surface area contributed by atoms with E-state index in [1.807, 2.05) is 12.3 Å². The molecule has 1 fully saturated rings. The molecule has 2 N–H and O–H groups in total. The van der Waals surface area contributed by atoms with Crippen LogP contribution in [0.1, 0.15) is 36.8 Å². The summed E-state index contributed by atoms with van der Waals surface area (Å²) in [7, 11) is 0. The maximum absolute atomic E-state index is 8.82. The largest absolute Gasteiger partial charge is 0.474 e. The van der Waals surface area contributed by atoms with Crippen molar-refractivity contribution < 1.29 is 4.74 Å². The smallest absolute Gasteiger partial charge is 0.213 e. The zero-order chi connectivity index (χ0) is 17.8. The number of nitriles is 1. The molecule has 0 radical (unpaired) electrons. The molecule has 6 nitrogen and oxygen atoms in total. The lowest BCUT2D eigenvalue weighted by atomic mass is 9.92. The molecule has 0 spiro atoms. The van der Waals surface area contributed by atoms with Crippen LogP contribution in [-0.2, 0) is 6.54 Å². The molecule has 6 heteroatoms. The number of ether oxygens (including phenoxy) is 1. The number of fused-ring (bicyclic) bond motifs is 1. The minimum absolute atomic E-state index is 0.200. The molecule has 2 heterocycles. The SMILES string of the molecule is N#Cc1ccc(OC2CCC(NCc3cccc4[nH]ncc34)CC2)nc1. The van der Waals surface area contributed by atoms with E-state index in [0.717, 1.165) is 37.7 Å². The van der Waals surface area contributed by atoms with Crippen LogP contribution in [0, 0.1) is 11.3 Å². The van der Waals surface area contributed by atoms with Crippen molar-refractivity contribution >= 4 is 10.9 Å². The number of aromatic amines is 1. The Morgan fingerprint density at radius 2 is 2.04 bits per heavy atom. The van der Waals surface area contributed by atoms with Gasteiger partial charge in [-0.3, -0.25) is 5.10 Å². The Morgan fingerprint density at radius 1 is 1.15 bits per heavy atom. The molecule has 3 aromatic rings. The topological polar surface area (TPSA) is 86.6 Å². The Bertz CT molecular complexity index is 904. The van der Waals surface area contributed by atoms with Gasteiger partial charge in [-0.2, -0.15) is 10.4 Å². The molecule has 1 aliphatic rings. The number of nitrogens with one attached hydrogen (secondary N) is 2.